The van der Waals surface area contributed by atoms with Crippen molar-refractivity contribution in [1.29, 1.82) is 0 Å². The fourth-order valence-corrected chi connectivity index (χ4v) is 11.1. The summed E-state index contributed by atoms with van der Waals surface area (Å²) >= 11 is 0. The van der Waals surface area contributed by atoms with Crippen LogP contribution in [0.5, 0.6) is 0 Å². The topological polar surface area (TPSA) is 71.1 Å². The molecular weight excluding hydrogens is 412 g/mol. The molecule has 0 amide bonds. The lowest BCUT2D eigenvalue weighted by Crippen LogP contribution is -2.53. The third-order valence-electron chi connectivity index (χ3n) is 6.66. The van der Waals surface area contributed by atoms with Crippen LogP contribution >= 0.6 is 0 Å². The molecule has 31 heavy (non-hydrogen) atoms. The van der Waals surface area contributed by atoms with Crippen LogP contribution < -0.4 is 0 Å². The van der Waals surface area contributed by atoms with Crippen molar-refractivity contribution in [1.82, 2.24) is 0 Å². The van der Waals surface area contributed by atoms with Gasteiger partial charge in [0, 0.05) is 12.8 Å². The van der Waals surface area contributed by atoms with Gasteiger partial charge in [0.1, 0.15) is 24.6 Å². The van der Waals surface area contributed by atoms with E-state index in [0.717, 1.165) is 0 Å². The van der Waals surface area contributed by atoms with Gasteiger partial charge in [0.2, 0.25) is 8.32 Å². The minimum absolute atomic E-state index is 0.0927. The molecule has 1 aliphatic carbocycles. The largest absolute Gasteiger partial charge is 0.489 e. The third-order valence-corrected chi connectivity index (χ3v) is 12.8. The van der Waals surface area contributed by atoms with Gasteiger partial charge in [-0.25, -0.2) is 4.79 Å². The van der Waals surface area contributed by atoms with Crippen molar-refractivity contribution in [2.24, 2.45) is 11.8 Å². The first-order chi connectivity index (χ1) is 14.5. The molecule has 0 radical (unpaired) electrons. The molecule has 0 N–H and O–H groups in total. The van der Waals surface area contributed by atoms with Gasteiger partial charge in [0.25, 0.3) is 0 Å². The van der Waals surface area contributed by atoms with Gasteiger partial charge in [-0.05, 0) is 16.6 Å². The summed E-state index contributed by atoms with van der Waals surface area (Å²) in [6.07, 6.45) is 3.53. The van der Waals surface area contributed by atoms with Gasteiger partial charge >= 0.3 is 11.9 Å². The van der Waals surface area contributed by atoms with E-state index in [4.69, 9.17) is 18.6 Å². The number of carbonyl (C=O) groups is 2. The molecular formula is C24H38O6Si. The van der Waals surface area contributed by atoms with Gasteiger partial charge in [-0.3, -0.25) is 4.79 Å². The SMILES string of the molecule is C=CC1C(OC2=CC(=O)OC2)C(C=C)C(O[Si](C(C)C)(C(C)C)C(C)C)C1OC(C)=O. The summed E-state index contributed by atoms with van der Waals surface area (Å²) in [5.74, 6) is -0.901. The Morgan fingerprint density at radius 1 is 1.03 bits per heavy atom. The van der Waals surface area contributed by atoms with E-state index >= 15 is 0 Å². The van der Waals surface area contributed by atoms with Crippen molar-refractivity contribution < 1.29 is 28.2 Å². The van der Waals surface area contributed by atoms with Crippen molar-refractivity contribution in [2.45, 2.75) is 83.4 Å². The van der Waals surface area contributed by atoms with Crippen LogP contribution in [-0.4, -0.2) is 45.2 Å². The maximum atomic E-state index is 12.0. The van der Waals surface area contributed by atoms with Gasteiger partial charge in [0.05, 0.1) is 18.1 Å². The van der Waals surface area contributed by atoms with Gasteiger partial charge in [-0.2, -0.15) is 0 Å². The van der Waals surface area contributed by atoms with E-state index in [1.54, 1.807) is 6.08 Å². The lowest BCUT2D eigenvalue weighted by atomic mass is 10.00. The normalized spacial score (nSPS) is 28.6. The number of cyclic esters (lactones) is 1. The molecule has 0 aromatic heterocycles. The highest BCUT2D eigenvalue weighted by atomic mass is 28.4. The molecule has 0 saturated heterocycles. The minimum atomic E-state index is -2.29. The summed E-state index contributed by atoms with van der Waals surface area (Å²) in [5.41, 5.74) is 1.09. The monoisotopic (exact) mass is 450 g/mol. The fraction of sp³-hybridized carbons (Fsp3) is 0.667. The van der Waals surface area contributed by atoms with E-state index in [-0.39, 0.29) is 24.4 Å². The van der Waals surface area contributed by atoms with Crippen LogP contribution in [0.2, 0.25) is 16.6 Å². The number of hydrogen-bond donors (Lipinski definition) is 0. The number of rotatable bonds is 10. The minimum Gasteiger partial charge on any atom is -0.489 e. The Morgan fingerprint density at radius 3 is 1.94 bits per heavy atom. The van der Waals surface area contributed by atoms with E-state index in [9.17, 15) is 9.59 Å². The van der Waals surface area contributed by atoms with Crippen molar-refractivity contribution in [3.05, 3.63) is 37.1 Å². The molecule has 1 heterocycles. The van der Waals surface area contributed by atoms with Crippen molar-refractivity contribution in [3.8, 4) is 0 Å². The summed E-state index contributed by atoms with van der Waals surface area (Å²) in [7, 11) is -2.29. The fourth-order valence-electron chi connectivity index (χ4n) is 5.49. The van der Waals surface area contributed by atoms with Gasteiger partial charge in [-0.1, -0.05) is 53.7 Å². The Kier molecular flexibility index (Phi) is 8.33. The van der Waals surface area contributed by atoms with Gasteiger partial charge < -0.3 is 18.6 Å². The van der Waals surface area contributed by atoms with Crippen LogP contribution in [-0.2, 0) is 28.2 Å². The standard InChI is InChI=1S/C24H38O6Si/c1-10-19-22(29-18-12-21(26)27-13-18)20(11-2)24(23(19)28-17(9)25)30-31(14(3)4,15(5)6)16(7)8/h10-12,14-16,19-20,22-24H,1-2,13H2,3-9H3. The first kappa shape index (κ1) is 25.4. The molecule has 0 bridgehead atoms. The first-order valence-electron chi connectivity index (χ1n) is 11.1. The molecule has 0 aromatic carbocycles. The molecule has 2 aliphatic rings. The van der Waals surface area contributed by atoms with Crippen molar-refractivity contribution in [2.75, 3.05) is 6.61 Å². The molecule has 5 unspecified atom stereocenters. The van der Waals surface area contributed by atoms with E-state index in [0.29, 0.717) is 22.4 Å². The Bertz CT molecular complexity index is 704. The average molecular weight is 451 g/mol. The zero-order valence-electron chi connectivity index (χ0n) is 19.9. The molecule has 7 heteroatoms. The predicted molar refractivity (Wildman–Crippen MR) is 123 cm³/mol. The zero-order valence-corrected chi connectivity index (χ0v) is 20.9. The van der Waals surface area contributed by atoms with Crippen LogP contribution in [0.25, 0.3) is 0 Å². The number of ether oxygens (including phenoxy) is 3. The Morgan fingerprint density at radius 2 is 1.55 bits per heavy atom. The van der Waals surface area contributed by atoms with Crippen LogP contribution in [0.15, 0.2) is 37.1 Å². The van der Waals surface area contributed by atoms with Crippen LogP contribution in [0.3, 0.4) is 0 Å². The second-order valence-electron chi connectivity index (χ2n) is 9.40. The van der Waals surface area contributed by atoms with E-state index in [2.05, 4.69) is 54.7 Å². The molecule has 2 rings (SSSR count). The van der Waals surface area contributed by atoms with E-state index < -0.39 is 32.6 Å². The molecule has 1 fully saturated rings. The number of hydrogen-bond acceptors (Lipinski definition) is 6. The highest BCUT2D eigenvalue weighted by Gasteiger charge is 2.57. The smallest absolute Gasteiger partial charge is 0.334 e. The highest BCUT2D eigenvalue weighted by molar-refractivity contribution is 6.77. The summed E-state index contributed by atoms with van der Waals surface area (Å²) < 4.78 is 24.1. The molecule has 0 spiro atoms. The Labute approximate surface area is 187 Å². The predicted octanol–water partition coefficient (Wildman–Crippen LogP) is 4.92. The van der Waals surface area contributed by atoms with Crippen LogP contribution in [0.1, 0.15) is 48.5 Å². The van der Waals surface area contributed by atoms with E-state index in [1.807, 2.05) is 6.08 Å². The number of esters is 2. The molecule has 1 saturated carbocycles. The summed E-state index contributed by atoms with van der Waals surface area (Å²) in [6.45, 7) is 22.8. The third kappa shape index (κ3) is 4.98. The summed E-state index contributed by atoms with van der Waals surface area (Å²) in [4.78, 5) is 23.5. The quantitative estimate of drug-likeness (QED) is 0.267. The second-order valence-corrected chi connectivity index (χ2v) is 14.8. The Balaban J connectivity index is 2.51. The summed E-state index contributed by atoms with van der Waals surface area (Å²) in [6, 6.07) is 0. The highest BCUT2D eigenvalue weighted by Crippen LogP contribution is 2.48. The second kappa shape index (κ2) is 10.2. The van der Waals surface area contributed by atoms with Crippen LogP contribution in [0, 0.1) is 11.8 Å². The Hall–Kier alpha value is -1.86. The molecule has 5 atom stereocenters. The van der Waals surface area contributed by atoms with E-state index in [1.165, 1.54) is 13.0 Å². The molecule has 0 aromatic rings. The molecule has 6 nitrogen and oxygen atoms in total. The van der Waals surface area contributed by atoms with Gasteiger partial charge in [0.15, 0.2) is 0 Å². The number of carbonyl (C=O) groups excluding carboxylic acids is 2. The zero-order chi connectivity index (χ0) is 23.5. The van der Waals surface area contributed by atoms with Crippen LogP contribution in [0.4, 0.5) is 0 Å². The van der Waals surface area contributed by atoms with Crippen molar-refractivity contribution >= 4 is 20.3 Å². The lowest BCUT2D eigenvalue weighted by molar-refractivity contribution is -0.152. The summed E-state index contributed by atoms with van der Waals surface area (Å²) in [5, 5.41) is 0. The maximum Gasteiger partial charge on any atom is 0.334 e. The average Bonchev–Trinajstić information content (AvgIpc) is 3.19. The van der Waals surface area contributed by atoms with Gasteiger partial charge in [-0.15, -0.1) is 13.2 Å². The molecule has 1 aliphatic heterocycles. The molecule has 174 valence electrons. The van der Waals surface area contributed by atoms with Crippen molar-refractivity contribution in [3.63, 3.8) is 0 Å². The lowest BCUT2D eigenvalue weighted by Gasteiger charge is -2.45. The maximum absolute atomic E-state index is 12.0. The first-order valence-corrected chi connectivity index (χ1v) is 13.3.